The van der Waals surface area contributed by atoms with Crippen molar-refractivity contribution in [2.24, 2.45) is 0 Å². The average molecular weight is 295 g/mol. The maximum atomic E-state index is 11.8. The molecule has 0 aliphatic carbocycles. The Bertz CT molecular complexity index is 586. The van der Waals surface area contributed by atoms with E-state index in [1.807, 2.05) is 0 Å². The quantitative estimate of drug-likeness (QED) is 0.906. The van der Waals surface area contributed by atoms with E-state index in [1.54, 1.807) is 48.4 Å². The summed E-state index contributed by atoms with van der Waals surface area (Å²) in [5.41, 5.74) is 1.32. The fourth-order valence-electron chi connectivity index (χ4n) is 1.65. The minimum atomic E-state index is -0.304. The fourth-order valence-corrected chi connectivity index (χ4v) is 1.92. The molecule has 2 amide bonds. The zero-order valence-electron chi connectivity index (χ0n) is 11.0. The van der Waals surface area contributed by atoms with Crippen LogP contribution in [0, 0.1) is 0 Å². The highest BCUT2D eigenvalue weighted by Gasteiger charge is 2.10. The Hall–Kier alpha value is -2.05. The standard InChI is InChI=1S/C13H15ClN4O2/c1-17(7-8-19)13(20)16-10-3-4-12(11(14)9-10)18-6-2-5-15-18/h2-6,9,19H,7-8H2,1H3,(H,16,20). The van der Waals surface area contributed by atoms with E-state index in [0.717, 1.165) is 5.69 Å². The lowest BCUT2D eigenvalue weighted by Crippen LogP contribution is -2.33. The Kier molecular flexibility index (Phi) is 4.60. The van der Waals surface area contributed by atoms with Gasteiger partial charge in [0.05, 0.1) is 17.3 Å². The predicted octanol–water partition coefficient (Wildman–Crippen LogP) is 1.98. The van der Waals surface area contributed by atoms with Crippen molar-refractivity contribution < 1.29 is 9.90 Å². The van der Waals surface area contributed by atoms with Crippen molar-refractivity contribution in [3.63, 3.8) is 0 Å². The van der Waals surface area contributed by atoms with Crippen LogP contribution in [0.3, 0.4) is 0 Å². The molecule has 2 aromatic rings. The van der Waals surface area contributed by atoms with Crippen LogP contribution in [0.25, 0.3) is 5.69 Å². The van der Waals surface area contributed by atoms with E-state index in [4.69, 9.17) is 16.7 Å². The normalized spacial score (nSPS) is 10.3. The van der Waals surface area contributed by atoms with E-state index in [2.05, 4.69) is 10.4 Å². The minimum Gasteiger partial charge on any atom is -0.395 e. The zero-order chi connectivity index (χ0) is 14.5. The Morgan fingerprint density at radius 3 is 2.95 bits per heavy atom. The lowest BCUT2D eigenvalue weighted by Gasteiger charge is -2.17. The van der Waals surface area contributed by atoms with Gasteiger partial charge in [0.25, 0.3) is 0 Å². The Labute approximate surface area is 121 Å². The van der Waals surface area contributed by atoms with E-state index in [0.29, 0.717) is 10.7 Å². The summed E-state index contributed by atoms with van der Waals surface area (Å²) in [7, 11) is 1.60. The topological polar surface area (TPSA) is 70.4 Å². The first kappa shape index (κ1) is 14.4. The number of aliphatic hydroxyl groups is 1. The third kappa shape index (κ3) is 3.28. The Balaban J connectivity index is 2.12. The van der Waals surface area contributed by atoms with Gasteiger partial charge in [-0.15, -0.1) is 0 Å². The number of hydrogen-bond acceptors (Lipinski definition) is 3. The summed E-state index contributed by atoms with van der Waals surface area (Å²) < 4.78 is 1.64. The number of aliphatic hydroxyl groups excluding tert-OH is 1. The predicted molar refractivity (Wildman–Crippen MR) is 77.3 cm³/mol. The number of aromatic nitrogens is 2. The van der Waals surface area contributed by atoms with Crippen LogP contribution in [0.4, 0.5) is 10.5 Å². The molecule has 1 aromatic carbocycles. The highest BCUT2D eigenvalue weighted by atomic mass is 35.5. The lowest BCUT2D eigenvalue weighted by molar-refractivity contribution is 0.202. The van der Waals surface area contributed by atoms with Crippen molar-refractivity contribution in [2.45, 2.75) is 0 Å². The van der Waals surface area contributed by atoms with Gasteiger partial charge in [0.15, 0.2) is 0 Å². The molecule has 106 valence electrons. The number of carbonyl (C=O) groups excluding carboxylic acids is 1. The average Bonchev–Trinajstić information content (AvgIpc) is 2.93. The van der Waals surface area contributed by atoms with Gasteiger partial charge in [-0.3, -0.25) is 0 Å². The van der Waals surface area contributed by atoms with E-state index in [1.165, 1.54) is 4.90 Å². The molecule has 0 aliphatic heterocycles. The SMILES string of the molecule is CN(CCO)C(=O)Nc1ccc(-n2cccn2)c(Cl)c1. The van der Waals surface area contributed by atoms with Gasteiger partial charge in [-0.2, -0.15) is 5.10 Å². The molecular formula is C13H15ClN4O2. The summed E-state index contributed by atoms with van der Waals surface area (Å²) in [6.07, 6.45) is 3.45. The Morgan fingerprint density at radius 2 is 2.35 bits per heavy atom. The number of amides is 2. The number of urea groups is 1. The summed E-state index contributed by atoms with van der Waals surface area (Å²) in [6, 6.07) is 6.67. The lowest BCUT2D eigenvalue weighted by atomic mass is 10.3. The molecular weight excluding hydrogens is 280 g/mol. The minimum absolute atomic E-state index is 0.0804. The number of halogens is 1. The highest BCUT2D eigenvalue weighted by Crippen LogP contribution is 2.23. The van der Waals surface area contributed by atoms with E-state index in [9.17, 15) is 4.79 Å². The fraction of sp³-hybridized carbons (Fsp3) is 0.231. The molecule has 20 heavy (non-hydrogen) atoms. The molecule has 0 saturated carbocycles. The summed E-state index contributed by atoms with van der Waals surface area (Å²) >= 11 is 6.18. The second-order valence-corrected chi connectivity index (χ2v) is 4.60. The summed E-state index contributed by atoms with van der Waals surface area (Å²) in [6.45, 7) is 0.188. The molecule has 0 fully saturated rings. The largest absolute Gasteiger partial charge is 0.395 e. The van der Waals surface area contributed by atoms with Crippen LogP contribution in [-0.2, 0) is 0 Å². The van der Waals surface area contributed by atoms with Gasteiger partial charge in [0.2, 0.25) is 0 Å². The third-order valence-electron chi connectivity index (χ3n) is 2.73. The summed E-state index contributed by atoms with van der Waals surface area (Å²) in [5.74, 6) is 0. The first-order valence-corrected chi connectivity index (χ1v) is 6.42. The van der Waals surface area contributed by atoms with Gasteiger partial charge >= 0.3 is 6.03 Å². The van der Waals surface area contributed by atoms with Crippen molar-refractivity contribution in [2.75, 3.05) is 25.5 Å². The summed E-state index contributed by atoms with van der Waals surface area (Å²) in [5, 5.41) is 16.1. The second kappa shape index (κ2) is 6.40. The smallest absolute Gasteiger partial charge is 0.321 e. The molecule has 0 radical (unpaired) electrons. The number of rotatable bonds is 4. The van der Waals surface area contributed by atoms with Gasteiger partial charge in [0.1, 0.15) is 0 Å². The van der Waals surface area contributed by atoms with Crippen molar-refractivity contribution in [3.05, 3.63) is 41.7 Å². The van der Waals surface area contributed by atoms with Crippen LogP contribution >= 0.6 is 11.6 Å². The molecule has 0 saturated heterocycles. The molecule has 7 heteroatoms. The number of hydrogen-bond donors (Lipinski definition) is 2. The van der Waals surface area contributed by atoms with E-state index < -0.39 is 0 Å². The maximum Gasteiger partial charge on any atom is 0.321 e. The number of likely N-dealkylation sites (N-methyl/N-ethyl adjacent to an activating group) is 1. The molecule has 2 N–H and O–H groups in total. The third-order valence-corrected chi connectivity index (χ3v) is 3.04. The first-order valence-electron chi connectivity index (χ1n) is 6.04. The van der Waals surface area contributed by atoms with Crippen LogP contribution < -0.4 is 5.32 Å². The van der Waals surface area contributed by atoms with Crippen LogP contribution in [0.5, 0.6) is 0 Å². The van der Waals surface area contributed by atoms with E-state index >= 15 is 0 Å². The van der Waals surface area contributed by atoms with Gasteiger partial charge in [0, 0.05) is 31.7 Å². The molecule has 1 aromatic heterocycles. The monoisotopic (exact) mass is 294 g/mol. The number of carbonyl (C=O) groups is 1. The van der Waals surface area contributed by atoms with Crippen LogP contribution in [0.1, 0.15) is 0 Å². The second-order valence-electron chi connectivity index (χ2n) is 4.19. The van der Waals surface area contributed by atoms with Crippen molar-refractivity contribution in [3.8, 4) is 5.69 Å². The van der Waals surface area contributed by atoms with Crippen LogP contribution in [0.15, 0.2) is 36.7 Å². The first-order chi connectivity index (χ1) is 9.61. The van der Waals surface area contributed by atoms with Crippen LogP contribution in [-0.4, -0.2) is 46.0 Å². The van der Waals surface area contributed by atoms with Gasteiger partial charge in [-0.25, -0.2) is 9.48 Å². The molecule has 0 unspecified atom stereocenters. The van der Waals surface area contributed by atoms with Gasteiger partial charge < -0.3 is 15.3 Å². The highest BCUT2D eigenvalue weighted by molar-refractivity contribution is 6.32. The molecule has 1 heterocycles. The van der Waals surface area contributed by atoms with Crippen molar-refractivity contribution in [1.82, 2.24) is 14.7 Å². The molecule has 6 nitrogen and oxygen atoms in total. The summed E-state index contributed by atoms with van der Waals surface area (Å²) in [4.78, 5) is 13.2. The van der Waals surface area contributed by atoms with E-state index in [-0.39, 0.29) is 19.2 Å². The maximum absolute atomic E-state index is 11.8. The van der Waals surface area contributed by atoms with Gasteiger partial charge in [-0.05, 0) is 24.3 Å². The molecule has 0 aliphatic rings. The zero-order valence-corrected chi connectivity index (χ0v) is 11.7. The molecule has 0 bridgehead atoms. The molecule has 0 atom stereocenters. The van der Waals surface area contributed by atoms with Gasteiger partial charge in [-0.1, -0.05) is 11.6 Å². The Morgan fingerprint density at radius 1 is 1.55 bits per heavy atom. The number of benzene rings is 1. The molecule has 0 spiro atoms. The molecule has 2 rings (SSSR count). The van der Waals surface area contributed by atoms with Crippen molar-refractivity contribution >= 4 is 23.3 Å². The number of anilines is 1. The number of nitrogens with zero attached hydrogens (tertiary/aromatic N) is 3. The van der Waals surface area contributed by atoms with Crippen molar-refractivity contribution in [1.29, 1.82) is 0 Å². The van der Waals surface area contributed by atoms with Crippen LogP contribution in [0.2, 0.25) is 5.02 Å². The number of nitrogens with one attached hydrogen (secondary N) is 1.